The lowest BCUT2D eigenvalue weighted by molar-refractivity contribution is -0.129. The lowest BCUT2D eigenvalue weighted by Gasteiger charge is -2.28. The molecule has 1 aliphatic heterocycles. The van der Waals surface area contributed by atoms with Crippen molar-refractivity contribution < 1.29 is 14.0 Å². The normalized spacial score (nSPS) is 15.4. The number of nitrogens with zero attached hydrogens (tertiary/aromatic N) is 4. The van der Waals surface area contributed by atoms with Crippen molar-refractivity contribution in [1.29, 1.82) is 0 Å². The first kappa shape index (κ1) is 17.1. The maximum Gasteiger partial charge on any atom is 0.273 e. The summed E-state index contributed by atoms with van der Waals surface area (Å²) in [5.74, 6) is -0.591. The average molecular weight is 345 g/mol. The molecule has 7 nitrogen and oxygen atoms in total. The van der Waals surface area contributed by atoms with E-state index in [1.54, 1.807) is 18.0 Å². The van der Waals surface area contributed by atoms with E-state index in [9.17, 15) is 14.0 Å². The summed E-state index contributed by atoms with van der Waals surface area (Å²) in [4.78, 5) is 26.0. The van der Waals surface area contributed by atoms with Crippen LogP contribution in [-0.2, 0) is 18.3 Å². The molecule has 1 atom stereocenters. The molecule has 0 radical (unpaired) electrons. The summed E-state index contributed by atoms with van der Waals surface area (Å²) in [6.07, 6.45) is 3.32. The van der Waals surface area contributed by atoms with Gasteiger partial charge in [0.2, 0.25) is 5.91 Å². The number of hydrogen-bond acceptors (Lipinski definition) is 4. The summed E-state index contributed by atoms with van der Waals surface area (Å²) in [6.45, 7) is 0.928. The SMILES string of the molecule is Cn1cc(C(=O)NC[C@@H](Cc2cccc(F)c2)N2CCCC2=O)nn1. The van der Waals surface area contributed by atoms with Crippen LogP contribution in [0.3, 0.4) is 0 Å². The molecular formula is C17H20FN5O2. The second kappa shape index (κ2) is 7.42. The predicted octanol–water partition coefficient (Wildman–Crippen LogP) is 0.918. The van der Waals surface area contributed by atoms with E-state index in [1.807, 2.05) is 6.07 Å². The number of aryl methyl sites for hydroxylation is 1. The van der Waals surface area contributed by atoms with Crippen LogP contribution in [0, 0.1) is 5.82 Å². The molecule has 25 heavy (non-hydrogen) atoms. The lowest BCUT2D eigenvalue weighted by atomic mass is 10.0. The minimum absolute atomic E-state index is 0.0650. The Morgan fingerprint density at radius 3 is 2.92 bits per heavy atom. The van der Waals surface area contributed by atoms with Gasteiger partial charge in [0.15, 0.2) is 5.69 Å². The van der Waals surface area contributed by atoms with Crippen LogP contribution < -0.4 is 5.32 Å². The molecule has 0 spiro atoms. The summed E-state index contributed by atoms with van der Waals surface area (Å²) in [6, 6.07) is 6.08. The van der Waals surface area contributed by atoms with Crippen molar-refractivity contribution in [2.24, 2.45) is 7.05 Å². The van der Waals surface area contributed by atoms with E-state index in [0.29, 0.717) is 19.4 Å². The summed E-state index contributed by atoms with van der Waals surface area (Å²) in [7, 11) is 1.68. The van der Waals surface area contributed by atoms with E-state index >= 15 is 0 Å². The minimum Gasteiger partial charge on any atom is -0.349 e. The summed E-state index contributed by atoms with van der Waals surface area (Å²) in [5.41, 5.74) is 1.01. The van der Waals surface area contributed by atoms with Crippen molar-refractivity contribution in [2.75, 3.05) is 13.1 Å². The van der Waals surface area contributed by atoms with Gasteiger partial charge in [-0.2, -0.15) is 0 Å². The van der Waals surface area contributed by atoms with Crippen molar-refractivity contribution in [3.8, 4) is 0 Å². The molecule has 1 fully saturated rings. The molecule has 1 aromatic heterocycles. The van der Waals surface area contributed by atoms with Crippen LogP contribution in [0.15, 0.2) is 30.5 Å². The predicted molar refractivity (Wildman–Crippen MR) is 88.2 cm³/mol. The van der Waals surface area contributed by atoms with Crippen molar-refractivity contribution in [2.45, 2.75) is 25.3 Å². The zero-order chi connectivity index (χ0) is 17.8. The van der Waals surface area contributed by atoms with Crippen LogP contribution >= 0.6 is 0 Å². The van der Waals surface area contributed by atoms with Crippen LogP contribution in [0.25, 0.3) is 0 Å². The van der Waals surface area contributed by atoms with Crippen molar-refractivity contribution in [1.82, 2.24) is 25.2 Å². The monoisotopic (exact) mass is 345 g/mol. The Balaban J connectivity index is 1.70. The van der Waals surface area contributed by atoms with Crippen LogP contribution in [0.2, 0.25) is 0 Å². The molecular weight excluding hydrogens is 325 g/mol. The molecule has 2 heterocycles. The first-order valence-corrected chi connectivity index (χ1v) is 8.21. The van der Waals surface area contributed by atoms with Gasteiger partial charge >= 0.3 is 0 Å². The second-order valence-electron chi connectivity index (χ2n) is 6.17. The van der Waals surface area contributed by atoms with Gasteiger partial charge in [-0.3, -0.25) is 14.3 Å². The first-order chi connectivity index (χ1) is 12.0. The molecule has 3 rings (SSSR count). The van der Waals surface area contributed by atoms with E-state index in [2.05, 4.69) is 15.6 Å². The third-order valence-electron chi connectivity index (χ3n) is 4.24. The number of carbonyl (C=O) groups excluding carboxylic acids is 2. The largest absolute Gasteiger partial charge is 0.349 e. The Kier molecular flexibility index (Phi) is 5.06. The smallest absolute Gasteiger partial charge is 0.273 e. The number of aromatic nitrogens is 3. The van der Waals surface area contributed by atoms with Crippen LogP contribution in [0.1, 0.15) is 28.9 Å². The lowest BCUT2D eigenvalue weighted by Crippen LogP contribution is -2.45. The highest BCUT2D eigenvalue weighted by Crippen LogP contribution is 2.17. The molecule has 1 N–H and O–H groups in total. The van der Waals surface area contributed by atoms with Gasteiger partial charge in [-0.05, 0) is 30.5 Å². The molecule has 2 aromatic rings. The van der Waals surface area contributed by atoms with Crippen molar-refractivity contribution in [3.05, 3.63) is 47.5 Å². The minimum atomic E-state index is -0.344. The molecule has 0 unspecified atom stereocenters. The van der Waals surface area contributed by atoms with E-state index in [0.717, 1.165) is 12.0 Å². The standard InChI is InChI=1S/C17H20FN5O2/c1-22-11-15(20-21-22)17(25)19-10-14(23-7-3-6-16(23)24)9-12-4-2-5-13(18)8-12/h2,4-5,8,11,14H,3,6-7,9-10H2,1H3,(H,19,25)/t14-/m1/s1. The van der Waals surface area contributed by atoms with Crippen molar-refractivity contribution in [3.63, 3.8) is 0 Å². The van der Waals surface area contributed by atoms with Crippen LogP contribution in [0.4, 0.5) is 4.39 Å². The number of rotatable bonds is 6. The molecule has 132 valence electrons. The van der Waals surface area contributed by atoms with E-state index < -0.39 is 0 Å². The zero-order valence-electron chi connectivity index (χ0n) is 14.0. The number of carbonyl (C=O) groups is 2. The summed E-state index contributed by atoms with van der Waals surface area (Å²) >= 11 is 0. The number of hydrogen-bond donors (Lipinski definition) is 1. The maximum absolute atomic E-state index is 13.4. The third-order valence-corrected chi connectivity index (χ3v) is 4.24. The van der Waals surface area contributed by atoms with Gasteiger partial charge in [0, 0.05) is 26.6 Å². The molecule has 0 aliphatic carbocycles. The Labute approximate surface area is 144 Å². The van der Waals surface area contributed by atoms with Crippen molar-refractivity contribution >= 4 is 11.8 Å². The third kappa shape index (κ3) is 4.20. The number of likely N-dealkylation sites (tertiary alicyclic amines) is 1. The summed E-state index contributed by atoms with van der Waals surface area (Å²) in [5, 5.41) is 10.3. The van der Waals surface area contributed by atoms with E-state index in [-0.39, 0.29) is 35.9 Å². The van der Waals surface area contributed by atoms with Gasteiger partial charge in [-0.1, -0.05) is 17.3 Å². The number of benzene rings is 1. The number of halogens is 1. The molecule has 0 bridgehead atoms. The zero-order valence-corrected chi connectivity index (χ0v) is 14.0. The summed E-state index contributed by atoms with van der Waals surface area (Å²) < 4.78 is 14.9. The molecule has 8 heteroatoms. The Bertz CT molecular complexity index is 776. The number of nitrogens with one attached hydrogen (secondary N) is 1. The first-order valence-electron chi connectivity index (χ1n) is 8.21. The molecule has 1 aromatic carbocycles. The fourth-order valence-electron chi connectivity index (χ4n) is 3.04. The van der Waals surface area contributed by atoms with Gasteiger partial charge in [0.1, 0.15) is 5.82 Å². The molecule has 1 saturated heterocycles. The maximum atomic E-state index is 13.4. The van der Waals surface area contributed by atoms with Crippen LogP contribution in [-0.4, -0.2) is 50.8 Å². The fourth-order valence-corrected chi connectivity index (χ4v) is 3.04. The molecule has 0 saturated carbocycles. The Morgan fingerprint density at radius 2 is 2.28 bits per heavy atom. The Hall–Kier alpha value is -2.77. The second-order valence-corrected chi connectivity index (χ2v) is 6.17. The number of amides is 2. The van der Waals surface area contributed by atoms with Gasteiger partial charge in [0.25, 0.3) is 5.91 Å². The highest BCUT2D eigenvalue weighted by atomic mass is 19.1. The van der Waals surface area contributed by atoms with Crippen LogP contribution in [0.5, 0.6) is 0 Å². The average Bonchev–Trinajstić information content (AvgIpc) is 3.20. The molecule has 1 aliphatic rings. The van der Waals surface area contributed by atoms with Gasteiger partial charge in [0.05, 0.1) is 12.2 Å². The van der Waals surface area contributed by atoms with E-state index in [4.69, 9.17) is 0 Å². The van der Waals surface area contributed by atoms with E-state index in [1.165, 1.54) is 23.0 Å². The van der Waals surface area contributed by atoms with Gasteiger partial charge < -0.3 is 10.2 Å². The van der Waals surface area contributed by atoms with Gasteiger partial charge in [-0.25, -0.2) is 4.39 Å². The van der Waals surface area contributed by atoms with Gasteiger partial charge in [-0.15, -0.1) is 5.10 Å². The fraction of sp³-hybridized carbons (Fsp3) is 0.412. The quantitative estimate of drug-likeness (QED) is 0.844. The molecule has 2 amide bonds. The highest BCUT2D eigenvalue weighted by Gasteiger charge is 2.28. The topological polar surface area (TPSA) is 80.1 Å². The Morgan fingerprint density at radius 1 is 1.44 bits per heavy atom. The highest BCUT2D eigenvalue weighted by molar-refractivity contribution is 5.91.